The molecule has 7 nitrogen and oxygen atoms in total. The number of hydrogen-bond donors (Lipinski definition) is 2. The number of ether oxygens (including phenoxy) is 1. The molecule has 3 N–H and O–H groups in total. The maximum absolute atomic E-state index is 14.9. The highest BCUT2D eigenvalue weighted by Gasteiger charge is 2.48. The number of halogens is 3. The van der Waals surface area contributed by atoms with Crippen LogP contribution in [0.2, 0.25) is 0 Å². The van der Waals surface area contributed by atoms with Crippen molar-refractivity contribution in [3.63, 3.8) is 0 Å². The SMILES string of the molecule is Cc1cc(C#N)cnc1C(=O)Nc1ccc(F)c([C@@]2(C)N=C(N)O[C@H](CF)[C@@H]2F)c1. The Bertz CT molecular complexity index is 1070. The van der Waals surface area contributed by atoms with Crippen LogP contribution < -0.4 is 11.1 Å². The average molecular weight is 417 g/mol. The lowest BCUT2D eigenvalue weighted by atomic mass is 9.84. The van der Waals surface area contributed by atoms with Gasteiger partial charge in [0.1, 0.15) is 29.8 Å². The number of hydrogen-bond acceptors (Lipinski definition) is 6. The molecule has 0 bridgehead atoms. The predicted molar refractivity (Wildman–Crippen MR) is 103 cm³/mol. The van der Waals surface area contributed by atoms with Gasteiger partial charge in [0.15, 0.2) is 12.3 Å². The van der Waals surface area contributed by atoms with Crippen LogP contribution in [0.5, 0.6) is 0 Å². The molecule has 1 aliphatic heterocycles. The van der Waals surface area contributed by atoms with Gasteiger partial charge in [0, 0.05) is 17.4 Å². The molecule has 0 saturated carbocycles. The number of nitriles is 1. The molecule has 0 unspecified atom stereocenters. The highest BCUT2D eigenvalue weighted by atomic mass is 19.1. The van der Waals surface area contributed by atoms with Gasteiger partial charge < -0.3 is 15.8 Å². The molecule has 0 spiro atoms. The van der Waals surface area contributed by atoms with Crippen molar-refractivity contribution in [3.05, 3.63) is 58.7 Å². The average Bonchev–Trinajstić information content (AvgIpc) is 2.71. The van der Waals surface area contributed by atoms with Crippen molar-refractivity contribution in [1.82, 2.24) is 4.98 Å². The highest BCUT2D eigenvalue weighted by molar-refractivity contribution is 6.03. The molecular weight excluding hydrogens is 399 g/mol. The Morgan fingerprint density at radius 1 is 1.43 bits per heavy atom. The highest BCUT2D eigenvalue weighted by Crippen LogP contribution is 2.39. The topological polar surface area (TPSA) is 113 Å². The molecule has 2 heterocycles. The maximum atomic E-state index is 14.9. The standard InChI is InChI=1S/C20H18F3N5O2/c1-10-5-11(8-24)9-26-16(10)18(29)27-12-3-4-14(22)13(6-12)20(2)17(23)15(7-21)30-19(25)28-20/h3-6,9,15,17H,7H2,1-2H3,(H2,25,28)(H,27,29)/t15-,17+,20-/m1/s1. The lowest BCUT2D eigenvalue weighted by molar-refractivity contribution is 0.00453. The summed E-state index contributed by atoms with van der Waals surface area (Å²) in [6.45, 7) is 1.71. The van der Waals surface area contributed by atoms with Crippen LogP contribution in [0.1, 0.15) is 34.1 Å². The van der Waals surface area contributed by atoms with Crippen molar-refractivity contribution >= 4 is 17.6 Å². The van der Waals surface area contributed by atoms with E-state index in [1.165, 1.54) is 31.3 Å². The van der Waals surface area contributed by atoms with Gasteiger partial charge in [0.05, 0.1) is 5.56 Å². The smallest absolute Gasteiger partial charge is 0.283 e. The Labute approximate surface area is 170 Å². The van der Waals surface area contributed by atoms with Gasteiger partial charge in [-0.25, -0.2) is 23.1 Å². The number of aromatic nitrogens is 1. The summed E-state index contributed by atoms with van der Waals surface area (Å²) in [5.41, 5.74) is 4.44. The van der Waals surface area contributed by atoms with Gasteiger partial charge in [0.25, 0.3) is 11.9 Å². The van der Waals surface area contributed by atoms with Crippen LogP contribution in [0.3, 0.4) is 0 Å². The van der Waals surface area contributed by atoms with Crippen LogP contribution in [-0.4, -0.2) is 35.9 Å². The Morgan fingerprint density at radius 2 is 2.17 bits per heavy atom. The van der Waals surface area contributed by atoms with Crippen molar-refractivity contribution in [2.45, 2.75) is 31.7 Å². The number of anilines is 1. The molecule has 2 aromatic rings. The predicted octanol–water partition coefficient (Wildman–Crippen LogP) is 2.89. The molecule has 30 heavy (non-hydrogen) atoms. The third-order valence-electron chi connectivity index (χ3n) is 4.82. The summed E-state index contributed by atoms with van der Waals surface area (Å²) in [4.78, 5) is 20.4. The molecule has 0 aliphatic carbocycles. The second kappa shape index (κ2) is 8.02. The summed E-state index contributed by atoms with van der Waals surface area (Å²) in [6.07, 6.45) is -2.29. The summed E-state index contributed by atoms with van der Waals surface area (Å²) < 4.78 is 47.5. The molecule has 3 atom stereocenters. The van der Waals surface area contributed by atoms with Crippen LogP contribution in [0, 0.1) is 24.1 Å². The molecule has 0 saturated heterocycles. The molecule has 1 amide bonds. The van der Waals surface area contributed by atoms with E-state index in [1.807, 2.05) is 6.07 Å². The summed E-state index contributed by atoms with van der Waals surface area (Å²) in [5.74, 6) is -1.41. The van der Waals surface area contributed by atoms with E-state index in [0.29, 0.717) is 11.1 Å². The van der Waals surface area contributed by atoms with E-state index in [9.17, 15) is 18.0 Å². The Balaban J connectivity index is 1.95. The van der Waals surface area contributed by atoms with E-state index >= 15 is 0 Å². The van der Waals surface area contributed by atoms with Gasteiger partial charge in [-0.2, -0.15) is 5.26 Å². The molecule has 3 rings (SSSR count). The van der Waals surface area contributed by atoms with Gasteiger partial charge in [0.2, 0.25) is 0 Å². The van der Waals surface area contributed by atoms with Gasteiger partial charge in [-0.1, -0.05) is 0 Å². The maximum Gasteiger partial charge on any atom is 0.283 e. The number of aliphatic imine (C=N–C) groups is 1. The zero-order valence-corrected chi connectivity index (χ0v) is 16.1. The number of nitrogens with zero attached hydrogens (tertiary/aromatic N) is 3. The van der Waals surface area contributed by atoms with E-state index in [1.54, 1.807) is 6.92 Å². The van der Waals surface area contributed by atoms with E-state index in [4.69, 9.17) is 15.7 Å². The molecular formula is C20H18F3N5O2. The van der Waals surface area contributed by atoms with Gasteiger partial charge >= 0.3 is 0 Å². The van der Waals surface area contributed by atoms with E-state index in [2.05, 4.69) is 15.3 Å². The number of pyridine rings is 1. The minimum absolute atomic E-state index is 0.0697. The minimum atomic E-state index is -2.02. The van der Waals surface area contributed by atoms with Crippen molar-refractivity contribution in [2.24, 2.45) is 10.7 Å². The van der Waals surface area contributed by atoms with Crippen molar-refractivity contribution in [1.29, 1.82) is 5.26 Å². The fourth-order valence-corrected chi connectivity index (χ4v) is 3.27. The fourth-order valence-electron chi connectivity index (χ4n) is 3.27. The summed E-state index contributed by atoms with van der Waals surface area (Å²) in [5, 5.41) is 11.5. The normalized spacial score (nSPS) is 23.1. The molecule has 0 fully saturated rings. The van der Waals surface area contributed by atoms with Gasteiger partial charge in [-0.15, -0.1) is 0 Å². The van der Waals surface area contributed by atoms with Gasteiger partial charge in [-0.3, -0.25) is 4.79 Å². The molecule has 1 aliphatic rings. The fraction of sp³-hybridized carbons (Fsp3) is 0.300. The largest absolute Gasteiger partial charge is 0.456 e. The van der Waals surface area contributed by atoms with Crippen LogP contribution >= 0.6 is 0 Å². The number of benzene rings is 1. The summed E-state index contributed by atoms with van der Waals surface area (Å²) in [6, 6.07) is 6.49. The van der Waals surface area contributed by atoms with Crippen molar-refractivity contribution in [3.8, 4) is 6.07 Å². The van der Waals surface area contributed by atoms with Gasteiger partial charge in [-0.05, 0) is 43.7 Å². The lowest BCUT2D eigenvalue weighted by Gasteiger charge is -2.37. The number of nitrogens with one attached hydrogen (secondary N) is 1. The van der Waals surface area contributed by atoms with Crippen LogP contribution in [-0.2, 0) is 10.3 Å². The first-order chi connectivity index (χ1) is 14.2. The van der Waals surface area contributed by atoms with E-state index in [-0.39, 0.29) is 16.9 Å². The number of alkyl halides is 2. The van der Waals surface area contributed by atoms with Crippen molar-refractivity contribution < 1.29 is 22.7 Å². The van der Waals surface area contributed by atoms with Crippen molar-refractivity contribution in [2.75, 3.05) is 12.0 Å². The lowest BCUT2D eigenvalue weighted by Crippen LogP contribution is -2.50. The molecule has 156 valence electrons. The van der Waals surface area contributed by atoms with E-state index in [0.717, 1.165) is 6.07 Å². The molecule has 10 heteroatoms. The first-order valence-corrected chi connectivity index (χ1v) is 8.89. The monoisotopic (exact) mass is 417 g/mol. The second-order valence-electron chi connectivity index (χ2n) is 6.96. The molecule has 1 aromatic heterocycles. The molecule has 0 radical (unpaired) electrons. The number of carbonyl (C=O) groups excluding carboxylic acids is 1. The number of nitrogens with two attached hydrogens (primary N) is 1. The quantitative estimate of drug-likeness (QED) is 0.794. The minimum Gasteiger partial charge on any atom is -0.456 e. The second-order valence-corrected chi connectivity index (χ2v) is 6.96. The third-order valence-corrected chi connectivity index (χ3v) is 4.82. The number of carbonyl (C=O) groups is 1. The Hall–Kier alpha value is -3.61. The van der Waals surface area contributed by atoms with Crippen LogP contribution in [0.15, 0.2) is 35.5 Å². The number of amidine groups is 1. The molecule has 1 aromatic carbocycles. The van der Waals surface area contributed by atoms with E-state index < -0.39 is 42.2 Å². The summed E-state index contributed by atoms with van der Waals surface area (Å²) >= 11 is 0. The zero-order valence-electron chi connectivity index (χ0n) is 16.1. The number of amides is 1. The first kappa shape index (κ1) is 21.1. The first-order valence-electron chi connectivity index (χ1n) is 8.89. The Kier molecular flexibility index (Phi) is 5.64. The Morgan fingerprint density at radius 3 is 2.80 bits per heavy atom. The number of aryl methyl sites for hydroxylation is 1. The summed E-state index contributed by atoms with van der Waals surface area (Å²) in [7, 11) is 0. The van der Waals surface area contributed by atoms with Crippen LogP contribution in [0.25, 0.3) is 0 Å². The zero-order chi connectivity index (χ0) is 22.1. The van der Waals surface area contributed by atoms with Crippen LogP contribution in [0.4, 0.5) is 18.9 Å². The number of rotatable bonds is 4. The third kappa shape index (κ3) is 3.78.